The van der Waals surface area contributed by atoms with Gasteiger partial charge in [-0.05, 0) is 94.3 Å². The maximum absolute atomic E-state index is 14.3. The Kier molecular flexibility index (Phi) is 18.2. The van der Waals surface area contributed by atoms with Crippen molar-refractivity contribution < 1.29 is 63.5 Å². The number of rotatable bonds is 12. The lowest BCUT2D eigenvalue weighted by Gasteiger charge is -2.53. The minimum Gasteiger partial charge on any atom is -0.459 e. The van der Waals surface area contributed by atoms with Crippen LogP contribution in [0.1, 0.15) is 94.9 Å². The second kappa shape index (κ2) is 20.6. The van der Waals surface area contributed by atoms with Crippen LogP contribution in [0.4, 0.5) is 0 Å². The summed E-state index contributed by atoms with van der Waals surface area (Å²) in [4.78, 5) is 16.3. The number of cyclic esters (lactones) is 1. The summed E-state index contributed by atoms with van der Waals surface area (Å²) in [5.41, 5.74) is -6.07. The van der Waals surface area contributed by atoms with Crippen molar-refractivity contribution in [3.8, 4) is 0 Å². The molecule has 3 saturated heterocycles. The summed E-state index contributed by atoms with van der Waals surface area (Å²) in [5, 5.41) is 65.8. The number of aliphatic hydroxyl groups is 5. The van der Waals surface area contributed by atoms with E-state index < -0.39 is 95.5 Å². The highest BCUT2D eigenvalue weighted by molar-refractivity contribution is 5.73. The lowest BCUT2D eigenvalue weighted by Crippen LogP contribution is -2.70. The second-order valence-corrected chi connectivity index (χ2v) is 18.2. The molecule has 0 aromatic heterocycles. The first kappa shape index (κ1) is 50.3. The molecule has 0 saturated carbocycles. The van der Waals surface area contributed by atoms with Crippen molar-refractivity contribution in [3.63, 3.8) is 0 Å². The van der Waals surface area contributed by atoms with E-state index in [0.717, 1.165) is 0 Å². The summed E-state index contributed by atoms with van der Waals surface area (Å²) in [6.45, 7) is 18.9. The molecule has 0 aliphatic carbocycles. The van der Waals surface area contributed by atoms with E-state index in [4.69, 9.17) is 33.2 Å². The molecule has 0 bridgehead atoms. The molecule has 0 aromatic rings. The number of carbonyl (C=O) groups excluding carboxylic acids is 1. The zero-order valence-electron chi connectivity index (χ0n) is 37.2. The van der Waals surface area contributed by atoms with Gasteiger partial charge in [-0.15, -0.1) is 0 Å². The summed E-state index contributed by atoms with van der Waals surface area (Å²) in [7, 11) is 6.88. The van der Waals surface area contributed by atoms with Gasteiger partial charge in [-0.2, -0.15) is 0 Å². The number of esters is 1. The van der Waals surface area contributed by atoms with Gasteiger partial charge in [0, 0.05) is 51.7 Å². The van der Waals surface area contributed by atoms with Gasteiger partial charge < -0.3 is 74.2 Å². The third kappa shape index (κ3) is 11.6. The molecule has 0 aromatic carbocycles. The van der Waals surface area contributed by atoms with Crippen LogP contribution in [0.2, 0.25) is 0 Å². The minimum absolute atomic E-state index is 0.0642. The van der Waals surface area contributed by atoms with Crippen molar-refractivity contribution in [2.24, 2.45) is 17.8 Å². The van der Waals surface area contributed by atoms with Gasteiger partial charge in [0.2, 0.25) is 0 Å². The Bertz CT molecular complexity index is 1250. The van der Waals surface area contributed by atoms with Crippen molar-refractivity contribution in [1.82, 2.24) is 15.5 Å². The number of hydrogen-bond acceptors (Lipinski definition) is 16. The Morgan fingerprint density at radius 1 is 0.965 bits per heavy atom. The van der Waals surface area contributed by atoms with Gasteiger partial charge in [0.25, 0.3) is 0 Å². The molecule has 0 radical (unpaired) electrons. The number of nitrogens with one attached hydrogen (secondary N) is 2. The van der Waals surface area contributed by atoms with Gasteiger partial charge in [-0.25, -0.2) is 0 Å². The van der Waals surface area contributed by atoms with Gasteiger partial charge in [-0.3, -0.25) is 4.79 Å². The van der Waals surface area contributed by atoms with Gasteiger partial charge in [0.15, 0.2) is 12.6 Å². The fraction of sp³-hybridized carbons (Fsp3) is 0.976. The molecule has 0 unspecified atom stereocenters. The standard InChI is InChI=1S/C41H79N3O13/c1-15-30-40(10,49)34(46)27(6)43-21-23(2)19-38(8,48)35(57-37-32(45)29(44(11)12)18-24(3)53-37)25(4)33(26(5)36(47)55-30)56-31-20-39(9,52-14)41(50,28(7)54-31)22-42-16-17-51-13/h23-35,37,42-43,45-46,48-50H,15-22H2,1-14H3/t23-,24-,25+,26-,27+,28+,29+,30+,31+,32-,33+,34-,35-,37+,38+,39-,40-,41-/m1/s1. The second-order valence-electron chi connectivity index (χ2n) is 18.2. The largest absolute Gasteiger partial charge is 0.459 e. The minimum atomic E-state index is -1.82. The maximum Gasteiger partial charge on any atom is 0.311 e. The molecule has 3 rings (SSSR count). The lowest BCUT2D eigenvalue weighted by molar-refractivity contribution is -0.336. The maximum atomic E-state index is 14.3. The molecule has 0 spiro atoms. The highest BCUT2D eigenvalue weighted by atomic mass is 16.7. The zero-order valence-corrected chi connectivity index (χ0v) is 37.2. The molecular weight excluding hydrogens is 742 g/mol. The van der Waals surface area contributed by atoms with Crippen LogP contribution < -0.4 is 10.6 Å². The SMILES string of the molecule is CC[C@@H]1OC(=O)[C@H](C)[C@@H](O[C@H]2C[C@@](C)(OC)[C@@](O)(CNCCOC)[C@H](C)O2)[C@H](C)[C@@H](O[C@@H]2O[C@H](C)C[C@H](N(C)C)[C@H]2O)[C@@](C)(O)C[C@@H](C)CN[C@@H](C)[C@@H](O)[C@]1(C)O. The van der Waals surface area contributed by atoms with E-state index in [1.807, 2.05) is 39.8 Å². The van der Waals surface area contributed by atoms with Crippen molar-refractivity contribution in [2.45, 2.75) is 185 Å². The third-order valence-corrected chi connectivity index (χ3v) is 13.1. The van der Waals surface area contributed by atoms with Crippen molar-refractivity contribution in [2.75, 3.05) is 54.6 Å². The Hall–Kier alpha value is -1.09. The van der Waals surface area contributed by atoms with E-state index in [1.54, 1.807) is 48.7 Å². The van der Waals surface area contributed by atoms with Crippen LogP contribution in [-0.4, -0.2) is 181 Å². The van der Waals surface area contributed by atoms with Crippen LogP contribution >= 0.6 is 0 Å². The van der Waals surface area contributed by atoms with Crippen LogP contribution in [-0.2, 0) is 38.0 Å². The monoisotopic (exact) mass is 822 g/mol. The first-order chi connectivity index (χ1) is 26.4. The Labute approximate surface area is 341 Å². The zero-order chi connectivity index (χ0) is 43.3. The Balaban J connectivity index is 2.15. The summed E-state index contributed by atoms with van der Waals surface area (Å²) in [5.74, 6) is -2.71. The summed E-state index contributed by atoms with van der Waals surface area (Å²) in [6, 6.07) is -0.891. The van der Waals surface area contributed by atoms with E-state index in [1.165, 1.54) is 14.0 Å². The average Bonchev–Trinajstić information content (AvgIpc) is 3.14. The smallest absolute Gasteiger partial charge is 0.311 e. The van der Waals surface area contributed by atoms with E-state index in [9.17, 15) is 30.3 Å². The Morgan fingerprint density at radius 3 is 2.19 bits per heavy atom. The number of nitrogens with zero attached hydrogens (tertiary/aromatic N) is 1. The number of carbonyl (C=O) groups is 1. The molecule has 3 aliphatic rings. The molecule has 3 heterocycles. The van der Waals surface area contributed by atoms with Crippen LogP contribution in [0, 0.1) is 17.8 Å². The van der Waals surface area contributed by atoms with Gasteiger partial charge in [-0.1, -0.05) is 20.8 Å². The van der Waals surface area contributed by atoms with Crippen molar-refractivity contribution in [1.29, 1.82) is 0 Å². The molecule has 3 aliphatic heterocycles. The van der Waals surface area contributed by atoms with Crippen molar-refractivity contribution >= 4 is 5.97 Å². The molecule has 7 N–H and O–H groups in total. The van der Waals surface area contributed by atoms with Crippen LogP contribution in [0.15, 0.2) is 0 Å². The summed E-state index contributed by atoms with van der Waals surface area (Å²) < 4.78 is 43.4. The van der Waals surface area contributed by atoms with E-state index >= 15 is 0 Å². The third-order valence-electron chi connectivity index (χ3n) is 13.1. The molecule has 0 amide bonds. The number of ether oxygens (including phenoxy) is 7. The number of hydrogen-bond donors (Lipinski definition) is 7. The topological polar surface area (TPSA) is 210 Å². The number of likely N-dealkylation sites (N-methyl/N-ethyl adjacent to an activating group) is 1. The fourth-order valence-corrected chi connectivity index (χ4v) is 9.20. The highest BCUT2D eigenvalue weighted by Gasteiger charge is 2.58. The molecular formula is C41H79N3O13. The molecule has 3 fully saturated rings. The fourth-order valence-electron chi connectivity index (χ4n) is 9.20. The highest BCUT2D eigenvalue weighted by Crippen LogP contribution is 2.43. The normalized spacial score (nSPS) is 47.3. The molecule has 57 heavy (non-hydrogen) atoms. The van der Waals surface area contributed by atoms with Crippen LogP contribution in [0.3, 0.4) is 0 Å². The summed E-state index contributed by atoms with van der Waals surface area (Å²) >= 11 is 0. The Morgan fingerprint density at radius 2 is 1.61 bits per heavy atom. The molecule has 18 atom stereocenters. The van der Waals surface area contributed by atoms with Gasteiger partial charge in [0.1, 0.15) is 35.1 Å². The number of aliphatic hydroxyl groups excluding tert-OH is 2. The van der Waals surface area contributed by atoms with Gasteiger partial charge >= 0.3 is 5.97 Å². The van der Waals surface area contributed by atoms with Crippen molar-refractivity contribution in [3.05, 3.63) is 0 Å². The van der Waals surface area contributed by atoms with E-state index in [2.05, 4.69) is 10.6 Å². The van der Waals surface area contributed by atoms with Crippen LogP contribution in [0.5, 0.6) is 0 Å². The first-order valence-electron chi connectivity index (χ1n) is 20.9. The number of methoxy groups -OCH3 is 2. The van der Waals surface area contributed by atoms with E-state index in [0.29, 0.717) is 26.1 Å². The first-order valence-corrected chi connectivity index (χ1v) is 20.9. The lowest BCUT2D eigenvalue weighted by atomic mass is 9.75. The molecule has 16 heteroatoms. The van der Waals surface area contributed by atoms with Gasteiger partial charge in [0.05, 0.1) is 42.5 Å². The molecule has 336 valence electrons. The average molecular weight is 822 g/mol. The predicted octanol–water partition coefficient (Wildman–Crippen LogP) is 1.16. The predicted molar refractivity (Wildman–Crippen MR) is 213 cm³/mol. The summed E-state index contributed by atoms with van der Waals surface area (Å²) in [6.07, 6.45) is -7.77. The van der Waals surface area contributed by atoms with E-state index in [-0.39, 0.29) is 43.9 Å². The quantitative estimate of drug-likeness (QED) is 0.109. The molecule has 16 nitrogen and oxygen atoms in total. The van der Waals surface area contributed by atoms with Crippen LogP contribution in [0.25, 0.3) is 0 Å².